The Kier molecular flexibility index (Phi) is 5.45. The third-order valence-electron chi connectivity index (χ3n) is 7.98. The van der Waals surface area contributed by atoms with Gasteiger partial charge in [-0.3, -0.25) is 9.59 Å². The molecular weight excluding hydrogens is 381 g/mol. The molecule has 5 rings (SSSR count). The van der Waals surface area contributed by atoms with Crippen molar-refractivity contribution in [2.24, 2.45) is 29.1 Å². The Balaban J connectivity index is 1.27. The molecule has 0 unspecified atom stereocenters. The van der Waals surface area contributed by atoms with Gasteiger partial charge < -0.3 is 10.2 Å². The zero-order valence-corrected chi connectivity index (χ0v) is 17.0. The summed E-state index contributed by atoms with van der Waals surface area (Å²) in [6.07, 6.45) is 6.03. The fourth-order valence-corrected chi connectivity index (χ4v) is 6.77. The molecule has 0 spiro atoms. The number of nitrogens with one attached hydrogen (secondary N) is 1. The smallest absolute Gasteiger partial charge is 0.377 e. The first-order valence-corrected chi connectivity index (χ1v) is 11.0. The second-order valence-corrected chi connectivity index (χ2v) is 10.00. The van der Waals surface area contributed by atoms with Gasteiger partial charge in [-0.2, -0.15) is 13.2 Å². The topological polar surface area (TPSA) is 49.4 Å². The third kappa shape index (κ3) is 4.33. The minimum Gasteiger partial charge on any atom is -0.377 e. The summed E-state index contributed by atoms with van der Waals surface area (Å²) >= 11 is 0. The van der Waals surface area contributed by atoms with E-state index in [4.69, 9.17) is 0 Å². The highest BCUT2D eigenvalue weighted by molar-refractivity contribution is 5.94. The van der Waals surface area contributed by atoms with Crippen LogP contribution in [0.25, 0.3) is 0 Å². The molecule has 0 aromatic rings. The van der Waals surface area contributed by atoms with Crippen molar-refractivity contribution < 1.29 is 22.8 Å². The van der Waals surface area contributed by atoms with Crippen LogP contribution in [0.5, 0.6) is 0 Å². The molecule has 29 heavy (non-hydrogen) atoms. The SMILES string of the molecule is C[C@H](NC(=O)C1CCN(/C=C/C(=O)C(F)(F)F)CC1)C12CC3CC(CC(C3)C1)C2. The molecule has 5 fully saturated rings. The first kappa shape index (κ1) is 20.7. The van der Waals surface area contributed by atoms with Gasteiger partial charge in [0.2, 0.25) is 5.91 Å². The molecule has 0 radical (unpaired) electrons. The third-order valence-corrected chi connectivity index (χ3v) is 7.98. The van der Waals surface area contributed by atoms with Gasteiger partial charge in [0.15, 0.2) is 0 Å². The van der Waals surface area contributed by atoms with Gasteiger partial charge in [-0.1, -0.05) is 0 Å². The number of halogens is 3. The van der Waals surface area contributed by atoms with Crippen LogP contribution in [-0.2, 0) is 9.59 Å². The number of allylic oxidation sites excluding steroid dienone is 1. The van der Waals surface area contributed by atoms with E-state index in [2.05, 4.69) is 12.2 Å². The number of ketones is 1. The van der Waals surface area contributed by atoms with E-state index in [0.29, 0.717) is 32.0 Å². The van der Waals surface area contributed by atoms with E-state index in [0.717, 1.165) is 17.8 Å². The number of amides is 1. The molecule has 1 saturated heterocycles. The van der Waals surface area contributed by atoms with E-state index >= 15 is 0 Å². The number of carbonyl (C=O) groups excluding carboxylic acids is 2. The van der Waals surface area contributed by atoms with Crippen LogP contribution in [0.2, 0.25) is 0 Å². The van der Waals surface area contributed by atoms with Gasteiger partial charge in [0.1, 0.15) is 0 Å². The summed E-state index contributed by atoms with van der Waals surface area (Å²) in [6, 6.07) is 0.186. The van der Waals surface area contributed by atoms with Crippen molar-refractivity contribution in [2.75, 3.05) is 13.1 Å². The quantitative estimate of drug-likeness (QED) is 0.693. The largest absolute Gasteiger partial charge is 0.454 e. The van der Waals surface area contributed by atoms with Crippen molar-refractivity contribution >= 4 is 11.7 Å². The average molecular weight is 412 g/mol. The second kappa shape index (κ2) is 7.62. The van der Waals surface area contributed by atoms with Gasteiger partial charge >= 0.3 is 6.18 Å². The Bertz CT molecular complexity index is 645. The van der Waals surface area contributed by atoms with Crippen LogP contribution < -0.4 is 5.32 Å². The van der Waals surface area contributed by atoms with Gasteiger partial charge in [-0.15, -0.1) is 0 Å². The number of likely N-dealkylation sites (tertiary alicyclic amines) is 1. The molecule has 1 heterocycles. The monoisotopic (exact) mass is 412 g/mol. The van der Waals surface area contributed by atoms with Crippen LogP contribution in [-0.4, -0.2) is 41.9 Å². The molecule has 0 aromatic carbocycles. The summed E-state index contributed by atoms with van der Waals surface area (Å²) in [5.41, 5.74) is 0.270. The van der Waals surface area contributed by atoms with Crippen LogP contribution >= 0.6 is 0 Å². The molecule has 4 bridgehead atoms. The van der Waals surface area contributed by atoms with Gasteiger partial charge in [0, 0.05) is 37.3 Å². The molecule has 4 saturated carbocycles. The molecule has 4 aliphatic carbocycles. The van der Waals surface area contributed by atoms with Crippen molar-refractivity contribution in [1.29, 1.82) is 0 Å². The van der Waals surface area contributed by atoms with E-state index in [-0.39, 0.29) is 23.3 Å². The van der Waals surface area contributed by atoms with Crippen LogP contribution in [0.15, 0.2) is 12.3 Å². The summed E-state index contributed by atoms with van der Waals surface area (Å²) in [6.45, 7) is 3.16. The van der Waals surface area contributed by atoms with E-state index in [9.17, 15) is 22.8 Å². The number of piperidine rings is 1. The number of hydrogen-bond acceptors (Lipinski definition) is 3. The second-order valence-electron chi connectivity index (χ2n) is 10.00. The van der Waals surface area contributed by atoms with Crippen LogP contribution in [0.4, 0.5) is 13.2 Å². The molecule has 1 aliphatic heterocycles. The fraction of sp³-hybridized carbons (Fsp3) is 0.818. The van der Waals surface area contributed by atoms with Crippen LogP contribution in [0.1, 0.15) is 58.3 Å². The average Bonchev–Trinajstić information content (AvgIpc) is 2.64. The van der Waals surface area contributed by atoms with Crippen molar-refractivity contribution in [3.8, 4) is 0 Å². The lowest BCUT2D eigenvalue weighted by atomic mass is 9.48. The van der Waals surface area contributed by atoms with Gasteiger partial charge in [0.25, 0.3) is 5.78 Å². The maximum atomic E-state index is 12.9. The van der Waals surface area contributed by atoms with Gasteiger partial charge in [-0.25, -0.2) is 0 Å². The van der Waals surface area contributed by atoms with E-state index in [1.807, 2.05) is 0 Å². The summed E-state index contributed by atoms with van der Waals surface area (Å²) in [5.74, 6) is 0.666. The van der Waals surface area contributed by atoms with Crippen molar-refractivity contribution in [3.05, 3.63) is 12.3 Å². The molecule has 7 heteroatoms. The summed E-state index contributed by atoms with van der Waals surface area (Å²) < 4.78 is 36.9. The molecule has 4 nitrogen and oxygen atoms in total. The van der Waals surface area contributed by atoms with Crippen LogP contribution in [0, 0.1) is 29.1 Å². The Morgan fingerprint density at radius 3 is 2.03 bits per heavy atom. The number of carbonyl (C=O) groups is 2. The maximum Gasteiger partial charge on any atom is 0.454 e. The molecule has 162 valence electrons. The predicted molar refractivity (Wildman–Crippen MR) is 103 cm³/mol. The minimum absolute atomic E-state index is 0.0863. The lowest BCUT2D eigenvalue weighted by Gasteiger charge is -2.59. The summed E-state index contributed by atoms with van der Waals surface area (Å²) in [4.78, 5) is 25.5. The zero-order valence-electron chi connectivity index (χ0n) is 17.0. The van der Waals surface area contributed by atoms with Crippen molar-refractivity contribution in [3.63, 3.8) is 0 Å². The zero-order chi connectivity index (χ0) is 20.8. The minimum atomic E-state index is -4.83. The first-order chi connectivity index (χ1) is 13.6. The summed E-state index contributed by atoms with van der Waals surface area (Å²) in [7, 11) is 0. The Hall–Kier alpha value is -1.53. The fourth-order valence-electron chi connectivity index (χ4n) is 6.77. The first-order valence-electron chi connectivity index (χ1n) is 11.0. The Labute approximate surface area is 170 Å². The molecule has 1 atom stereocenters. The highest BCUT2D eigenvalue weighted by Gasteiger charge is 2.53. The highest BCUT2D eigenvalue weighted by Crippen LogP contribution is 2.61. The van der Waals surface area contributed by atoms with E-state index in [1.54, 1.807) is 4.90 Å². The maximum absolute atomic E-state index is 12.9. The molecule has 5 aliphatic rings. The standard InChI is InChI=1S/C22H31F3N2O2/c1-14(21-11-15-8-16(12-21)10-17(9-15)13-21)26-20(29)18-2-5-27(6-3-18)7-4-19(28)22(23,24)25/h4,7,14-18H,2-3,5-6,8-13H2,1H3,(H,26,29)/b7-4+/t14-,15?,16?,17?,21?/m0/s1. The highest BCUT2D eigenvalue weighted by atomic mass is 19.4. The summed E-state index contributed by atoms with van der Waals surface area (Å²) in [5, 5.41) is 3.31. The van der Waals surface area contributed by atoms with E-state index < -0.39 is 12.0 Å². The van der Waals surface area contributed by atoms with Crippen LogP contribution in [0.3, 0.4) is 0 Å². The lowest BCUT2D eigenvalue weighted by Crippen LogP contribution is -2.56. The number of hydrogen-bond donors (Lipinski definition) is 1. The number of alkyl halides is 3. The molecule has 0 aromatic heterocycles. The van der Waals surface area contributed by atoms with Crippen molar-refractivity contribution in [2.45, 2.75) is 70.5 Å². The Morgan fingerprint density at radius 1 is 1.03 bits per heavy atom. The number of rotatable bonds is 5. The van der Waals surface area contributed by atoms with E-state index in [1.165, 1.54) is 44.7 Å². The van der Waals surface area contributed by atoms with Crippen molar-refractivity contribution in [1.82, 2.24) is 10.2 Å². The molecule has 1 N–H and O–H groups in total. The molecule has 1 amide bonds. The lowest BCUT2D eigenvalue weighted by molar-refractivity contribution is -0.165. The van der Waals surface area contributed by atoms with Gasteiger partial charge in [-0.05, 0) is 81.5 Å². The van der Waals surface area contributed by atoms with Gasteiger partial charge in [0.05, 0.1) is 0 Å². The predicted octanol–water partition coefficient (Wildman–Crippen LogP) is 4.06. The molecular formula is C22H31F3N2O2. The normalized spacial score (nSPS) is 35.9. The Morgan fingerprint density at radius 2 is 1.55 bits per heavy atom. The number of nitrogens with zero attached hydrogens (tertiary/aromatic N) is 1.